The van der Waals surface area contributed by atoms with E-state index in [2.05, 4.69) is 6.58 Å². The number of rotatable bonds is 0. The summed E-state index contributed by atoms with van der Waals surface area (Å²) in [5, 5.41) is 20.2. The predicted molar refractivity (Wildman–Crippen MR) is 71.3 cm³/mol. The fourth-order valence-corrected chi connectivity index (χ4v) is 2.63. The standard InChI is InChI=1S/C15H20O4/c1-8-4-5-11(16)9(2)7-12(17)14-10(3)15(18)19-13(14)6-8/h4,7,11-14,16-17H,3,5-6H2,1-2H3/b8-4+,9-7+/t11-,12-,13+,14+/m1/s1. The highest BCUT2D eigenvalue weighted by Crippen LogP contribution is 2.35. The van der Waals surface area contributed by atoms with Crippen LogP contribution in [-0.2, 0) is 9.53 Å². The maximum Gasteiger partial charge on any atom is 0.334 e. The normalized spacial score (nSPS) is 41.7. The lowest BCUT2D eigenvalue weighted by atomic mass is 9.85. The summed E-state index contributed by atoms with van der Waals surface area (Å²) >= 11 is 0. The fourth-order valence-electron chi connectivity index (χ4n) is 2.63. The van der Waals surface area contributed by atoms with Gasteiger partial charge in [-0.1, -0.05) is 24.3 Å². The fraction of sp³-hybridized carbons (Fsp3) is 0.533. The van der Waals surface area contributed by atoms with Crippen LogP contribution in [0.3, 0.4) is 0 Å². The zero-order chi connectivity index (χ0) is 14.2. The van der Waals surface area contributed by atoms with Gasteiger partial charge < -0.3 is 14.9 Å². The Bertz CT molecular complexity index is 461. The molecule has 1 aliphatic heterocycles. The Hall–Kier alpha value is -1.39. The van der Waals surface area contributed by atoms with Gasteiger partial charge in [-0.3, -0.25) is 0 Å². The third-order valence-corrected chi connectivity index (χ3v) is 3.86. The van der Waals surface area contributed by atoms with Gasteiger partial charge in [-0.2, -0.15) is 0 Å². The van der Waals surface area contributed by atoms with Crippen LogP contribution in [0.4, 0.5) is 0 Å². The van der Waals surface area contributed by atoms with Crippen LogP contribution in [0.2, 0.25) is 0 Å². The zero-order valence-electron chi connectivity index (χ0n) is 11.3. The predicted octanol–water partition coefficient (Wildman–Crippen LogP) is 1.49. The highest BCUT2D eigenvalue weighted by Gasteiger charge is 2.42. The van der Waals surface area contributed by atoms with Crippen LogP contribution in [0.1, 0.15) is 26.7 Å². The number of esters is 1. The van der Waals surface area contributed by atoms with Gasteiger partial charge in [0.15, 0.2) is 0 Å². The Morgan fingerprint density at radius 1 is 1.37 bits per heavy atom. The van der Waals surface area contributed by atoms with E-state index in [4.69, 9.17) is 4.74 Å². The van der Waals surface area contributed by atoms with Crippen LogP contribution < -0.4 is 0 Å². The van der Waals surface area contributed by atoms with Gasteiger partial charge in [-0.15, -0.1) is 0 Å². The van der Waals surface area contributed by atoms with Crippen LogP contribution in [0.25, 0.3) is 0 Å². The highest BCUT2D eigenvalue weighted by atomic mass is 16.6. The number of hydrogen-bond donors (Lipinski definition) is 2. The smallest absolute Gasteiger partial charge is 0.334 e. The quantitative estimate of drug-likeness (QED) is 0.395. The third-order valence-electron chi connectivity index (χ3n) is 3.86. The summed E-state index contributed by atoms with van der Waals surface area (Å²) in [4.78, 5) is 11.6. The van der Waals surface area contributed by atoms with Crippen LogP contribution in [0, 0.1) is 5.92 Å². The number of ether oxygens (including phenoxy) is 1. The summed E-state index contributed by atoms with van der Waals surface area (Å²) in [6.07, 6.45) is 2.79. The molecule has 2 rings (SSSR count). The lowest BCUT2D eigenvalue weighted by Gasteiger charge is -2.24. The Morgan fingerprint density at radius 2 is 2.05 bits per heavy atom. The van der Waals surface area contributed by atoms with Crippen molar-refractivity contribution in [3.05, 3.63) is 35.5 Å². The Morgan fingerprint density at radius 3 is 2.74 bits per heavy atom. The van der Waals surface area contributed by atoms with E-state index in [9.17, 15) is 15.0 Å². The molecule has 19 heavy (non-hydrogen) atoms. The molecule has 0 amide bonds. The molecule has 0 unspecified atom stereocenters. The first-order chi connectivity index (χ1) is 8.90. The number of fused-ring (bicyclic) bond motifs is 1. The highest BCUT2D eigenvalue weighted by molar-refractivity contribution is 5.91. The van der Waals surface area contributed by atoms with Crippen molar-refractivity contribution in [2.75, 3.05) is 0 Å². The number of aliphatic hydroxyl groups excluding tert-OH is 2. The van der Waals surface area contributed by atoms with Gasteiger partial charge in [0.2, 0.25) is 0 Å². The van der Waals surface area contributed by atoms with Gasteiger partial charge in [0.1, 0.15) is 6.10 Å². The van der Waals surface area contributed by atoms with E-state index in [0.717, 1.165) is 5.57 Å². The van der Waals surface area contributed by atoms with Crippen molar-refractivity contribution < 1.29 is 19.7 Å². The van der Waals surface area contributed by atoms with E-state index in [1.54, 1.807) is 13.0 Å². The van der Waals surface area contributed by atoms with Gasteiger partial charge in [-0.05, 0) is 25.8 Å². The summed E-state index contributed by atoms with van der Waals surface area (Å²) in [5.74, 6) is -0.871. The first kappa shape index (κ1) is 14.0. The number of carbonyl (C=O) groups is 1. The van der Waals surface area contributed by atoms with Gasteiger partial charge in [0.25, 0.3) is 0 Å². The van der Waals surface area contributed by atoms with Gasteiger partial charge in [-0.25, -0.2) is 4.79 Å². The third kappa shape index (κ3) is 2.80. The van der Waals surface area contributed by atoms with Crippen molar-refractivity contribution in [2.45, 2.75) is 45.0 Å². The van der Waals surface area contributed by atoms with Crippen molar-refractivity contribution in [1.82, 2.24) is 0 Å². The minimum absolute atomic E-state index is 0.310. The number of aliphatic hydroxyl groups is 2. The first-order valence-electron chi connectivity index (χ1n) is 6.50. The molecule has 0 bridgehead atoms. The van der Waals surface area contributed by atoms with E-state index >= 15 is 0 Å². The second kappa shape index (κ2) is 5.31. The molecular formula is C15H20O4. The average Bonchev–Trinajstić information content (AvgIpc) is 2.60. The van der Waals surface area contributed by atoms with Crippen molar-refractivity contribution in [1.29, 1.82) is 0 Å². The molecule has 104 valence electrons. The summed E-state index contributed by atoms with van der Waals surface area (Å²) < 4.78 is 5.28. The first-order valence-corrected chi connectivity index (χ1v) is 6.50. The molecule has 4 nitrogen and oxygen atoms in total. The van der Waals surface area contributed by atoms with Crippen molar-refractivity contribution in [3.63, 3.8) is 0 Å². The van der Waals surface area contributed by atoms with E-state index in [-0.39, 0.29) is 6.10 Å². The average molecular weight is 264 g/mol. The van der Waals surface area contributed by atoms with E-state index < -0.39 is 24.1 Å². The van der Waals surface area contributed by atoms with Crippen LogP contribution in [0.15, 0.2) is 35.5 Å². The van der Waals surface area contributed by atoms with E-state index in [1.165, 1.54) is 0 Å². The Labute approximate surface area is 113 Å². The summed E-state index contributed by atoms with van der Waals surface area (Å²) in [6.45, 7) is 7.43. The largest absolute Gasteiger partial charge is 0.458 e. The number of carbonyl (C=O) groups excluding carboxylic acids is 1. The molecule has 1 saturated heterocycles. The topological polar surface area (TPSA) is 66.8 Å². The van der Waals surface area contributed by atoms with Crippen molar-refractivity contribution in [3.8, 4) is 0 Å². The maximum atomic E-state index is 11.6. The summed E-state index contributed by atoms with van der Waals surface area (Å²) in [6, 6.07) is 0. The van der Waals surface area contributed by atoms with E-state index in [0.29, 0.717) is 24.0 Å². The molecule has 1 heterocycles. The molecule has 2 aliphatic rings. The van der Waals surface area contributed by atoms with Gasteiger partial charge in [0, 0.05) is 12.0 Å². The van der Waals surface area contributed by atoms with Crippen LogP contribution >= 0.6 is 0 Å². The SMILES string of the molecule is C=C1C(=O)O[C@H]2C/C(C)=C/C[C@@H](O)/C(C)=C/[C@@H](O)[C@H]12. The molecule has 1 aliphatic carbocycles. The van der Waals surface area contributed by atoms with Crippen LogP contribution in [0.5, 0.6) is 0 Å². The molecule has 0 aromatic carbocycles. The Balaban J connectivity index is 2.36. The van der Waals surface area contributed by atoms with Crippen molar-refractivity contribution >= 4 is 5.97 Å². The molecule has 4 heteroatoms. The lowest BCUT2D eigenvalue weighted by Crippen LogP contribution is -2.29. The lowest BCUT2D eigenvalue weighted by molar-refractivity contribution is -0.139. The minimum atomic E-state index is -0.857. The number of hydrogen-bond acceptors (Lipinski definition) is 4. The molecule has 0 saturated carbocycles. The van der Waals surface area contributed by atoms with Gasteiger partial charge in [0.05, 0.1) is 18.1 Å². The molecule has 1 fully saturated rings. The minimum Gasteiger partial charge on any atom is -0.458 e. The molecule has 0 aromatic rings. The second-order valence-corrected chi connectivity index (χ2v) is 5.40. The van der Waals surface area contributed by atoms with E-state index in [1.807, 2.05) is 13.0 Å². The van der Waals surface area contributed by atoms with Crippen LogP contribution in [-0.4, -0.2) is 34.5 Å². The summed E-state index contributed by atoms with van der Waals surface area (Å²) in [7, 11) is 0. The molecular weight excluding hydrogens is 244 g/mol. The van der Waals surface area contributed by atoms with Crippen molar-refractivity contribution in [2.24, 2.45) is 5.92 Å². The zero-order valence-corrected chi connectivity index (χ0v) is 11.3. The molecule has 0 radical (unpaired) electrons. The summed E-state index contributed by atoms with van der Waals surface area (Å²) in [5.41, 5.74) is 2.05. The molecule has 4 atom stereocenters. The molecule has 0 spiro atoms. The van der Waals surface area contributed by atoms with Gasteiger partial charge >= 0.3 is 5.97 Å². The second-order valence-electron chi connectivity index (χ2n) is 5.40. The maximum absolute atomic E-state index is 11.6. The Kier molecular flexibility index (Phi) is 3.92. The molecule has 2 N–H and O–H groups in total. The monoisotopic (exact) mass is 264 g/mol. The molecule has 0 aromatic heterocycles.